The van der Waals surface area contributed by atoms with Crippen molar-refractivity contribution in [2.45, 2.75) is 19.4 Å². The molecule has 0 aliphatic rings. The van der Waals surface area contributed by atoms with Crippen molar-refractivity contribution in [2.24, 2.45) is 5.73 Å². The topological polar surface area (TPSA) is 55.5 Å². The summed E-state index contributed by atoms with van der Waals surface area (Å²) in [5.74, 6) is 0.577. The molecule has 0 aliphatic heterocycles. The average Bonchev–Trinajstić information content (AvgIpc) is 2.18. The van der Waals surface area contributed by atoms with Crippen molar-refractivity contribution >= 4 is 11.6 Å². The lowest BCUT2D eigenvalue weighted by atomic mass is 10.0. The molecule has 0 heterocycles. The molecule has 0 bridgehead atoms. The molecule has 1 unspecified atom stereocenters. The van der Waals surface area contributed by atoms with Gasteiger partial charge in [-0.2, -0.15) is 0 Å². The molecule has 0 aromatic heterocycles. The molecule has 84 valence electrons. The molecule has 0 aliphatic carbocycles. The Morgan fingerprint density at radius 1 is 1.53 bits per heavy atom. The number of aliphatic hydroxyl groups is 1. The number of methoxy groups -OCH3 is 1. The van der Waals surface area contributed by atoms with Crippen LogP contribution in [0.5, 0.6) is 5.75 Å². The third-order valence-corrected chi connectivity index (χ3v) is 2.75. The molecule has 0 radical (unpaired) electrons. The molecule has 3 N–H and O–H groups in total. The fourth-order valence-corrected chi connectivity index (χ4v) is 1.95. The highest BCUT2D eigenvalue weighted by molar-refractivity contribution is 6.33. The summed E-state index contributed by atoms with van der Waals surface area (Å²) in [4.78, 5) is 0. The first-order chi connectivity index (χ1) is 7.11. The molecule has 1 aromatic carbocycles. The summed E-state index contributed by atoms with van der Waals surface area (Å²) < 4.78 is 5.09. The van der Waals surface area contributed by atoms with Crippen LogP contribution in [0.25, 0.3) is 0 Å². The molecule has 0 fully saturated rings. The van der Waals surface area contributed by atoms with E-state index in [1.165, 1.54) is 0 Å². The molecule has 1 atom stereocenters. The summed E-state index contributed by atoms with van der Waals surface area (Å²) in [6, 6.07) is 3.66. The van der Waals surface area contributed by atoms with E-state index in [0.29, 0.717) is 29.3 Å². The van der Waals surface area contributed by atoms with Crippen LogP contribution in [0.4, 0.5) is 0 Å². The van der Waals surface area contributed by atoms with Gasteiger partial charge in [0.1, 0.15) is 5.75 Å². The van der Waals surface area contributed by atoms with Gasteiger partial charge in [-0.05, 0) is 31.5 Å². The molecule has 0 saturated heterocycles. The zero-order valence-corrected chi connectivity index (χ0v) is 9.71. The van der Waals surface area contributed by atoms with E-state index in [0.717, 1.165) is 5.56 Å². The number of aliphatic hydroxyl groups excluding tert-OH is 1. The molecule has 0 spiro atoms. The van der Waals surface area contributed by atoms with Gasteiger partial charge in [-0.15, -0.1) is 0 Å². The highest BCUT2D eigenvalue weighted by Gasteiger charge is 2.16. The van der Waals surface area contributed by atoms with E-state index in [2.05, 4.69) is 0 Å². The van der Waals surface area contributed by atoms with E-state index in [9.17, 15) is 5.11 Å². The Kier molecular flexibility index (Phi) is 4.39. The van der Waals surface area contributed by atoms with Crippen LogP contribution < -0.4 is 10.5 Å². The lowest BCUT2D eigenvalue weighted by Crippen LogP contribution is -2.09. The van der Waals surface area contributed by atoms with Crippen LogP contribution in [0.2, 0.25) is 5.02 Å². The lowest BCUT2D eigenvalue weighted by Gasteiger charge is -2.16. The van der Waals surface area contributed by atoms with Crippen molar-refractivity contribution in [1.82, 2.24) is 0 Å². The second kappa shape index (κ2) is 5.35. The largest absolute Gasteiger partial charge is 0.495 e. The quantitative estimate of drug-likeness (QED) is 0.831. The monoisotopic (exact) mass is 229 g/mol. The van der Waals surface area contributed by atoms with Gasteiger partial charge >= 0.3 is 0 Å². The van der Waals surface area contributed by atoms with Crippen molar-refractivity contribution in [2.75, 3.05) is 13.7 Å². The zero-order valence-electron chi connectivity index (χ0n) is 8.96. The van der Waals surface area contributed by atoms with Gasteiger partial charge in [0, 0.05) is 5.56 Å². The van der Waals surface area contributed by atoms with Gasteiger partial charge in [0.05, 0.1) is 18.2 Å². The minimum atomic E-state index is -0.627. The van der Waals surface area contributed by atoms with Gasteiger partial charge in [0.2, 0.25) is 0 Å². The van der Waals surface area contributed by atoms with Gasteiger partial charge < -0.3 is 15.6 Å². The Bertz CT molecular complexity index is 342. The minimum Gasteiger partial charge on any atom is -0.495 e. The van der Waals surface area contributed by atoms with E-state index in [1.54, 1.807) is 13.2 Å². The number of hydrogen-bond acceptors (Lipinski definition) is 3. The smallest absolute Gasteiger partial charge is 0.137 e. The van der Waals surface area contributed by atoms with Gasteiger partial charge in [0.25, 0.3) is 0 Å². The predicted molar refractivity (Wildman–Crippen MR) is 61.4 cm³/mol. The normalized spacial score (nSPS) is 12.6. The van der Waals surface area contributed by atoms with Gasteiger partial charge in [-0.25, -0.2) is 0 Å². The second-order valence-electron chi connectivity index (χ2n) is 3.41. The van der Waals surface area contributed by atoms with E-state index in [-0.39, 0.29) is 0 Å². The van der Waals surface area contributed by atoms with Crippen LogP contribution in [-0.4, -0.2) is 18.8 Å². The molecule has 4 heteroatoms. The fraction of sp³-hybridized carbons (Fsp3) is 0.455. The number of hydrogen-bond donors (Lipinski definition) is 2. The summed E-state index contributed by atoms with van der Waals surface area (Å²) in [5.41, 5.74) is 7.06. The van der Waals surface area contributed by atoms with E-state index >= 15 is 0 Å². The molecular weight excluding hydrogens is 214 g/mol. The highest BCUT2D eigenvalue weighted by Crippen LogP contribution is 2.35. The van der Waals surface area contributed by atoms with E-state index < -0.39 is 6.10 Å². The van der Waals surface area contributed by atoms with Crippen LogP contribution in [0.15, 0.2) is 12.1 Å². The van der Waals surface area contributed by atoms with Crippen molar-refractivity contribution in [3.8, 4) is 5.75 Å². The van der Waals surface area contributed by atoms with Gasteiger partial charge in [-0.1, -0.05) is 17.7 Å². The van der Waals surface area contributed by atoms with Gasteiger partial charge in [0.15, 0.2) is 0 Å². The minimum absolute atomic E-state index is 0.425. The number of benzene rings is 1. The fourth-order valence-electron chi connectivity index (χ4n) is 1.54. The lowest BCUT2D eigenvalue weighted by molar-refractivity contribution is 0.169. The molecule has 1 rings (SSSR count). The van der Waals surface area contributed by atoms with Crippen LogP contribution in [0, 0.1) is 6.92 Å². The number of halogens is 1. The molecule has 0 saturated carbocycles. The van der Waals surface area contributed by atoms with Crippen LogP contribution in [0.3, 0.4) is 0 Å². The number of ether oxygens (including phenoxy) is 1. The van der Waals surface area contributed by atoms with Crippen LogP contribution in [-0.2, 0) is 0 Å². The molecule has 1 aromatic rings. The Balaban J connectivity index is 3.14. The number of aryl methyl sites for hydroxylation is 1. The van der Waals surface area contributed by atoms with Gasteiger partial charge in [-0.3, -0.25) is 0 Å². The molecule has 0 amide bonds. The molecule has 3 nitrogen and oxygen atoms in total. The highest BCUT2D eigenvalue weighted by atomic mass is 35.5. The zero-order chi connectivity index (χ0) is 11.4. The van der Waals surface area contributed by atoms with Crippen LogP contribution >= 0.6 is 11.6 Å². The maximum atomic E-state index is 9.88. The second-order valence-corrected chi connectivity index (χ2v) is 3.78. The maximum Gasteiger partial charge on any atom is 0.137 e. The molecule has 15 heavy (non-hydrogen) atoms. The molecular formula is C11H16ClNO2. The Hall–Kier alpha value is -0.770. The summed E-state index contributed by atoms with van der Waals surface area (Å²) in [6.45, 7) is 2.33. The van der Waals surface area contributed by atoms with Crippen LogP contribution in [0.1, 0.15) is 23.7 Å². The summed E-state index contributed by atoms with van der Waals surface area (Å²) in [5, 5.41) is 10.4. The summed E-state index contributed by atoms with van der Waals surface area (Å²) >= 11 is 6.12. The predicted octanol–water partition coefficient (Wildman–Crippen LogP) is 2.04. The Morgan fingerprint density at radius 2 is 2.20 bits per heavy atom. The first-order valence-electron chi connectivity index (χ1n) is 4.83. The number of rotatable bonds is 4. The Morgan fingerprint density at radius 3 is 2.73 bits per heavy atom. The third-order valence-electron chi connectivity index (χ3n) is 2.36. The SMILES string of the molecule is COc1ccc(C)c(C(O)CCN)c1Cl. The van der Waals surface area contributed by atoms with Crippen molar-refractivity contribution in [3.05, 3.63) is 28.3 Å². The maximum absolute atomic E-state index is 9.88. The first kappa shape index (κ1) is 12.3. The third kappa shape index (κ3) is 2.62. The average molecular weight is 230 g/mol. The van der Waals surface area contributed by atoms with E-state index in [1.807, 2.05) is 13.0 Å². The standard InChI is InChI=1S/C11H16ClNO2/c1-7-3-4-9(15-2)11(12)10(7)8(14)5-6-13/h3-4,8,14H,5-6,13H2,1-2H3. The summed E-state index contributed by atoms with van der Waals surface area (Å²) in [7, 11) is 1.55. The van der Waals surface area contributed by atoms with E-state index in [4.69, 9.17) is 22.1 Å². The van der Waals surface area contributed by atoms with Crippen molar-refractivity contribution < 1.29 is 9.84 Å². The van der Waals surface area contributed by atoms with Crippen molar-refractivity contribution in [3.63, 3.8) is 0 Å². The Labute approximate surface area is 94.8 Å². The number of nitrogens with two attached hydrogens (primary N) is 1. The first-order valence-corrected chi connectivity index (χ1v) is 5.20. The summed E-state index contributed by atoms with van der Waals surface area (Å²) in [6.07, 6.45) is -0.133. The van der Waals surface area contributed by atoms with Crippen molar-refractivity contribution in [1.29, 1.82) is 0 Å².